The van der Waals surface area contributed by atoms with E-state index in [1.807, 2.05) is 36.4 Å². The Bertz CT molecular complexity index is 607. The minimum atomic E-state index is 0.282. The predicted molar refractivity (Wildman–Crippen MR) is 71.1 cm³/mol. The molecule has 0 spiro atoms. The number of methoxy groups -OCH3 is 2. The van der Waals surface area contributed by atoms with Crippen LogP contribution in [-0.4, -0.2) is 21.0 Å². The van der Waals surface area contributed by atoms with E-state index in [2.05, 4.69) is 0 Å². The summed E-state index contributed by atoms with van der Waals surface area (Å²) in [7, 11) is 3.25. The lowest BCUT2D eigenvalue weighted by molar-refractivity contribution is 0.174. The molecule has 0 radical (unpaired) electrons. The average molecular weight is 258 g/mol. The molecule has 1 aliphatic rings. The molecule has 0 bridgehead atoms. The molecular weight excluding hydrogens is 244 g/mol. The monoisotopic (exact) mass is 258 g/mol. The van der Waals surface area contributed by atoms with Crippen molar-refractivity contribution in [2.75, 3.05) is 21.0 Å². The first-order valence-electron chi connectivity index (χ1n) is 5.94. The first-order valence-corrected chi connectivity index (χ1v) is 5.94. The lowest BCUT2D eigenvalue weighted by Crippen LogP contribution is -1.92. The Morgan fingerprint density at radius 3 is 2.26 bits per heavy atom. The molecule has 0 atom stereocenters. The van der Waals surface area contributed by atoms with Crippen LogP contribution in [0.2, 0.25) is 0 Å². The van der Waals surface area contributed by atoms with Gasteiger partial charge in [0.05, 0.1) is 14.2 Å². The van der Waals surface area contributed by atoms with Crippen molar-refractivity contribution >= 4 is 0 Å². The van der Waals surface area contributed by atoms with E-state index in [1.165, 1.54) is 0 Å². The quantitative estimate of drug-likeness (QED) is 0.847. The van der Waals surface area contributed by atoms with Crippen LogP contribution >= 0.6 is 0 Å². The first-order chi connectivity index (χ1) is 9.31. The molecule has 0 aliphatic carbocycles. The maximum Gasteiger partial charge on any atom is 0.231 e. The normalized spacial score (nSPS) is 12.3. The lowest BCUT2D eigenvalue weighted by atomic mass is 10.0. The molecule has 0 saturated carbocycles. The van der Waals surface area contributed by atoms with Crippen molar-refractivity contribution in [2.24, 2.45) is 0 Å². The van der Waals surface area contributed by atoms with Gasteiger partial charge in [-0.1, -0.05) is 12.1 Å². The summed E-state index contributed by atoms with van der Waals surface area (Å²) in [6.07, 6.45) is 0. The summed E-state index contributed by atoms with van der Waals surface area (Å²) in [6.45, 7) is 0.282. The molecule has 4 heteroatoms. The van der Waals surface area contributed by atoms with Crippen molar-refractivity contribution < 1.29 is 18.9 Å². The van der Waals surface area contributed by atoms with Gasteiger partial charge in [-0.05, 0) is 35.4 Å². The minimum Gasteiger partial charge on any atom is -0.493 e. The summed E-state index contributed by atoms with van der Waals surface area (Å²) in [5, 5.41) is 0. The summed E-state index contributed by atoms with van der Waals surface area (Å²) in [5.41, 5.74) is 2.08. The molecule has 4 nitrogen and oxygen atoms in total. The van der Waals surface area contributed by atoms with Gasteiger partial charge in [0.25, 0.3) is 0 Å². The molecule has 0 aromatic heterocycles. The van der Waals surface area contributed by atoms with Crippen molar-refractivity contribution in [3.63, 3.8) is 0 Å². The molecule has 2 aromatic rings. The minimum absolute atomic E-state index is 0.282. The van der Waals surface area contributed by atoms with Crippen LogP contribution in [0, 0.1) is 0 Å². The maximum absolute atomic E-state index is 5.38. The number of ether oxygens (including phenoxy) is 4. The average Bonchev–Trinajstić information content (AvgIpc) is 2.93. The Kier molecular flexibility index (Phi) is 2.91. The largest absolute Gasteiger partial charge is 0.493 e. The van der Waals surface area contributed by atoms with E-state index in [0.717, 1.165) is 22.6 Å². The fraction of sp³-hybridized carbons (Fsp3) is 0.200. The van der Waals surface area contributed by atoms with Crippen LogP contribution in [0.15, 0.2) is 36.4 Å². The molecule has 3 rings (SSSR count). The van der Waals surface area contributed by atoms with Crippen LogP contribution in [-0.2, 0) is 0 Å². The summed E-state index contributed by atoms with van der Waals surface area (Å²) in [5.74, 6) is 2.97. The standard InChI is InChI=1S/C15H14O4/c1-16-12-5-3-10(7-14(12)17-2)11-4-6-13-15(8-11)19-9-18-13/h3-8H,9H2,1-2H3. The third kappa shape index (κ3) is 2.05. The zero-order valence-corrected chi connectivity index (χ0v) is 10.8. The van der Waals surface area contributed by atoms with Gasteiger partial charge in [-0.15, -0.1) is 0 Å². The van der Waals surface area contributed by atoms with E-state index in [1.54, 1.807) is 14.2 Å². The molecule has 1 aliphatic heterocycles. The summed E-state index contributed by atoms with van der Waals surface area (Å²) in [4.78, 5) is 0. The Balaban J connectivity index is 2.02. The highest BCUT2D eigenvalue weighted by molar-refractivity contribution is 5.70. The van der Waals surface area contributed by atoms with Crippen LogP contribution in [0.4, 0.5) is 0 Å². The number of hydrogen-bond acceptors (Lipinski definition) is 4. The Hall–Kier alpha value is -2.36. The van der Waals surface area contributed by atoms with Crippen molar-refractivity contribution in [3.8, 4) is 34.1 Å². The van der Waals surface area contributed by atoms with Gasteiger partial charge in [-0.3, -0.25) is 0 Å². The number of rotatable bonds is 3. The maximum atomic E-state index is 5.38. The highest BCUT2D eigenvalue weighted by atomic mass is 16.7. The fourth-order valence-electron chi connectivity index (χ4n) is 2.09. The topological polar surface area (TPSA) is 36.9 Å². The number of hydrogen-bond donors (Lipinski definition) is 0. The van der Waals surface area contributed by atoms with Crippen LogP contribution in [0.1, 0.15) is 0 Å². The van der Waals surface area contributed by atoms with Crippen molar-refractivity contribution in [3.05, 3.63) is 36.4 Å². The zero-order chi connectivity index (χ0) is 13.2. The van der Waals surface area contributed by atoms with Gasteiger partial charge in [0.1, 0.15) is 0 Å². The Morgan fingerprint density at radius 2 is 1.47 bits per heavy atom. The van der Waals surface area contributed by atoms with E-state index in [-0.39, 0.29) is 6.79 Å². The van der Waals surface area contributed by atoms with Gasteiger partial charge in [0.2, 0.25) is 6.79 Å². The first kappa shape index (κ1) is 11.7. The summed E-state index contributed by atoms with van der Waals surface area (Å²) < 4.78 is 21.2. The number of fused-ring (bicyclic) bond motifs is 1. The molecule has 98 valence electrons. The van der Waals surface area contributed by atoms with Crippen molar-refractivity contribution in [1.82, 2.24) is 0 Å². The second-order valence-corrected chi connectivity index (χ2v) is 4.14. The molecule has 0 N–H and O–H groups in total. The van der Waals surface area contributed by atoms with E-state index >= 15 is 0 Å². The molecule has 0 amide bonds. The Morgan fingerprint density at radius 1 is 0.789 bits per heavy atom. The second kappa shape index (κ2) is 4.72. The van der Waals surface area contributed by atoms with Gasteiger partial charge in [-0.2, -0.15) is 0 Å². The second-order valence-electron chi connectivity index (χ2n) is 4.14. The predicted octanol–water partition coefficient (Wildman–Crippen LogP) is 3.10. The lowest BCUT2D eigenvalue weighted by Gasteiger charge is -2.10. The van der Waals surface area contributed by atoms with Crippen LogP contribution < -0.4 is 18.9 Å². The molecule has 0 fully saturated rings. The van der Waals surface area contributed by atoms with E-state index in [4.69, 9.17) is 18.9 Å². The van der Waals surface area contributed by atoms with Gasteiger partial charge in [0.15, 0.2) is 23.0 Å². The van der Waals surface area contributed by atoms with E-state index < -0.39 is 0 Å². The molecular formula is C15H14O4. The smallest absolute Gasteiger partial charge is 0.231 e. The van der Waals surface area contributed by atoms with E-state index in [0.29, 0.717) is 11.5 Å². The number of benzene rings is 2. The molecule has 0 saturated heterocycles. The third-order valence-electron chi connectivity index (χ3n) is 3.09. The van der Waals surface area contributed by atoms with Gasteiger partial charge in [0, 0.05) is 0 Å². The molecule has 1 heterocycles. The van der Waals surface area contributed by atoms with Gasteiger partial charge < -0.3 is 18.9 Å². The molecule has 2 aromatic carbocycles. The van der Waals surface area contributed by atoms with Gasteiger partial charge in [-0.25, -0.2) is 0 Å². The van der Waals surface area contributed by atoms with Crippen molar-refractivity contribution in [2.45, 2.75) is 0 Å². The fourth-order valence-corrected chi connectivity index (χ4v) is 2.09. The van der Waals surface area contributed by atoms with Crippen molar-refractivity contribution in [1.29, 1.82) is 0 Å². The SMILES string of the molecule is COc1ccc(-c2ccc3c(c2)OCO3)cc1OC. The van der Waals surface area contributed by atoms with E-state index in [9.17, 15) is 0 Å². The van der Waals surface area contributed by atoms with Gasteiger partial charge >= 0.3 is 0 Å². The van der Waals surface area contributed by atoms with Crippen LogP contribution in [0.5, 0.6) is 23.0 Å². The zero-order valence-electron chi connectivity index (χ0n) is 10.8. The van der Waals surface area contributed by atoms with Crippen LogP contribution in [0.3, 0.4) is 0 Å². The summed E-state index contributed by atoms with van der Waals surface area (Å²) in [6, 6.07) is 11.7. The molecule has 19 heavy (non-hydrogen) atoms. The highest BCUT2D eigenvalue weighted by Gasteiger charge is 2.14. The highest BCUT2D eigenvalue weighted by Crippen LogP contribution is 2.38. The van der Waals surface area contributed by atoms with Crippen LogP contribution in [0.25, 0.3) is 11.1 Å². The Labute approximate surface area is 111 Å². The molecule has 0 unspecified atom stereocenters. The third-order valence-corrected chi connectivity index (χ3v) is 3.09. The summed E-state index contributed by atoms with van der Waals surface area (Å²) >= 11 is 0.